The van der Waals surface area contributed by atoms with Crippen LogP contribution in [-0.2, 0) is 4.79 Å². The molecule has 0 heterocycles. The van der Waals surface area contributed by atoms with Crippen molar-refractivity contribution in [3.05, 3.63) is 28.2 Å². The highest BCUT2D eigenvalue weighted by molar-refractivity contribution is 6.42. The van der Waals surface area contributed by atoms with Gasteiger partial charge in [0.2, 0.25) is 5.91 Å². The summed E-state index contributed by atoms with van der Waals surface area (Å²) in [5, 5.41) is 6.91. The number of rotatable bonds is 6. The quantitative estimate of drug-likeness (QED) is 0.786. The van der Waals surface area contributed by atoms with Gasteiger partial charge in [-0.2, -0.15) is 0 Å². The molecule has 0 atom stereocenters. The molecule has 0 aliphatic carbocycles. The van der Waals surface area contributed by atoms with Crippen LogP contribution in [0, 0.1) is 5.92 Å². The Labute approximate surface area is 118 Å². The molecule has 100 valence electrons. The molecule has 0 radical (unpaired) electrons. The molecular formula is C13H18Cl2N2O. The predicted octanol–water partition coefficient (Wildman–Crippen LogP) is 3.57. The first-order valence-electron chi connectivity index (χ1n) is 5.94. The number of carbonyl (C=O) groups is 1. The van der Waals surface area contributed by atoms with Crippen LogP contribution in [0.5, 0.6) is 0 Å². The van der Waals surface area contributed by atoms with Crippen molar-refractivity contribution in [3.63, 3.8) is 0 Å². The Morgan fingerprint density at radius 2 is 2.00 bits per heavy atom. The Kier molecular flexibility index (Phi) is 6.47. The van der Waals surface area contributed by atoms with Gasteiger partial charge in [0.1, 0.15) is 0 Å². The predicted molar refractivity (Wildman–Crippen MR) is 77.4 cm³/mol. The van der Waals surface area contributed by atoms with Gasteiger partial charge in [-0.05, 0) is 30.7 Å². The summed E-state index contributed by atoms with van der Waals surface area (Å²) in [6, 6.07) is 5.04. The average molecular weight is 289 g/mol. The standard InChI is InChI=1S/C13H18Cl2N2O/c1-9(2)8-16-6-5-13(18)17-10-3-4-11(14)12(15)7-10/h3-4,7,9,16H,5-6,8H2,1-2H3,(H,17,18). The molecule has 2 N–H and O–H groups in total. The minimum atomic E-state index is -0.0374. The zero-order valence-electron chi connectivity index (χ0n) is 10.6. The van der Waals surface area contributed by atoms with Crippen molar-refractivity contribution in [1.29, 1.82) is 0 Å². The third kappa shape index (κ3) is 5.71. The molecule has 1 amide bonds. The highest BCUT2D eigenvalue weighted by Gasteiger charge is 2.04. The van der Waals surface area contributed by atoms with Crippen molar-refractivity contribution in [3.8, 4) is 0 Å². The van der Waals surface area contributed by atoms with Gasteiger partial charge in [0.05, 0.1) is 10.0 Å². The molecule has 1 aromatic rings. The zero-order chi connectivity index (χ0) is 13.5. The molecule has 0 unspecified atom stereocenters. The first kappa shape index (κ1) is 15.3. The maximum atomic E-state index is 11.6. The summed E-state index contributed by atoms with van der Waals surface area (Å²) in [4.78, 5) is 11.6. The van der Waals surface area contributed by atoms with Gasteiger partial charge in [-0.1, -0.05) is 37.0 Å². The smallest absolute Gasteiger partial charge is 0.225 e. The fourth-order valence-electron chi connectivity index (χ4n) is 1.39. The summed E-state index contributed by atoms with van der Waals surface area (Å²) >= 11 is 11.7. The Morgan fingerprint density at radius 3 is 2.61 bits per heavy atom. The van der Waals surface area contributed by atoms with E-state index in [4.69, 9.17) is 23.2 Å². The van der Waals surface area contributed by atoms with E-state index in [0.717, 1.165) is 6.54 Å². The molecule has 3 nitrogen and oxygen atoms in total. The molecule has 1 rings (SSSR count). The van der Waals surface area contributed by atoms with E-state index in [2.05, 4.69) is 24.5 Å². The minimum Gasteiger partial charge on any atom is -0.326 e. The van der Waals surface area contributed by atoms with Crippen LogP contribution in [0.3, 0.4) is 0 Å². The Hall–Kier alpha value is -0.770. The van der Waals surface area contributed by atoms with Crippen molar-refractivity contribution in [2.75, 3.05) is 18.4 Å². The molecule has 0 aliphatic rings. The molecule has 1 aromatic carbocycles. The van der Waals surface area contributed by atoms with Crippen LogP contribution >= 0.6 is 23.2 Å². The topological polar surface area (TPSA) is 41.1 Å². The summed E-state index contributed by atoms with van der Waals surface area (Å²) in [5.41, 5.74) is 0.665. The van der Waals surface area contributed by atoms with Gasteiger partial charge in [-0.15, -0.1) is 0 Å². The summed E-state index contributed by atoms with van der Waals surface area (Å²) in [5.74, 6) is 0.549. The summed E-state index contributed by atoms with van der Waals surface area (Å²) in [6.45, 7) is 5.84. The number of halogens is 2. The van der Waals surface area contributed by atoms with Gasteiger partial charge in [-0.25, -0.2) is 0 Å². The highest BCUT2D eigenvalue weighted by atomic mass is 35.5. The maximum absolute atomic E-state index is 11.6. The number of hydrogen-bond acceptors (Lipinski definition) is 2. The lowest BCUT2D eigenvalue weighted by molar-refractivity contribution is -0.116. The minimum absolute atomic E-state index is 0.0374. The summed E-state index contributed by atoms with van der Waals surface area (Å²) in [6.07, 6.45) is 0.437. The van der Waals surface area contributed by atoms with Gasteiger partial charge in [-0.3, -0.25) is 4.79 Å². The molecule has 0 bridgehead atoms. The molecular weight excluding hydrogens is 271 g/mol. The lowest BCUT2D eigenvalue weighted by atomic mass is 10.2. The number of hydrogen-bond donors (Lipinski definition) is 2. The van der Waals surface area contributed by atoms with Crippen LogP contribution in [0.1, 0.15) is 20.3 Å². The molecule has 0 spiro atoms. The number of benzene rings is 1. The van der Waals surface area contributed by atoms with Gasteiger partial charge >= 0.3 is 0 Å². The number of amides is 1. The van der Waals surface area contributed by atoms with Crippen LogP contribution in [0.2, 0.25) is 10.0 Å². The molecule has 0 saturated carbocycles. The van der Waals surface area contributed by atoms with E-state index in [0.29, 0.717) is 34.6 Å². The van der Waals surface area contributed by atoms with E-state index in [1.165, 1.54) is 0 Å². The molecule has 0 saturated heterocycles. The first-order valence-corrected chi connectivity index (χ1v) is 6.70. The van der Waals surface area contributed by atoms with Crippen LogP contribution in [-0.4, -0.2) is 19.0 Å². The molecule has 5 heteroatoms. The lowest BCUT2D eigenvalue weighted by Gasteiger charge is -2.08. The molecule has 0 aromatic heterocycles. The SMILES string of the molecule is CC(C)CNCCC(=O)Nc1ccc(Cl)c(Cl)c1. The number of carbonyl (C=O) groups excluding carboxylic acids is 1. The molecule has 18 heavy (non-hydrogen) atoms. The second kappa shape index (κ2) is 7.62. The van der Waals surface area contributed by atoms with Gasteiger partial charge < -0.3 is 10.6 Å². The van der Waals surface area contributed by atoms with E-state index in [1.54, 1.807) is 18.2 Å². The fraction of sp³-hybridized carbons (Fsp3) is 0.462. The maximum Gasteiger partial charge on any atom is 0.225 e. The average Bonchev–Trinajstić information content (AvgIpc) is 2.29. The molecule has 0 fully saturated rings. The lowest BCUT2D eigenvalue weighted by Crippen LogP contribution is -2.24. The van der Waals surface area contributed by atoms with E-state index in [-0.39, 0.29) is 5.91 Å². The second-order valence-electron chi connectivity index (χ2n) is 4.53. The Bertz CT molecular complexity index is 408. The summed E-state index contributed by atoms with van der Waals surface area (Å²) < 4.78 is 0. The normalized spacial score (nSPS) is 10.7. The van der Waals surface area contributed by atoms with Gasteiger partial charge in [0, 0.05) is 18.7 Å². The van der Waals surface area contributed by atoms with Crippen molar-refractivity contribution < 1.29 is 4.79 Å². The van der Waals surface area contributed by atoms with Crippen molar-refractivity contribution >= 4 is 34.8 Å². The monoisotopic (exact) mass is 288 g/mol. The first-order chi connectivity index (χ1) is 8.49. The molecule has 0 aliphatic heterocycles. The Morgan fingerprint density at radius 1 is 1.28 bits per heavy atom. The third-order valence-corrected chi connectivity index (χ3v) is 3.02. The zero-order valence-corrected chi connectivity index (χ0v) is 12.1. The van der Waals surface area contributed by atoms with Crippen LogP contribution in [0.25, 0.3) is 0 Å². The van der Waals surface area contributed by atoms with Gasteiger partial charge in [0.15, 0.2) is 0 Å². The van der Waals surface area contributed by atoms with Crippen molar-refractivity contribution in [2.45, 2.75) is 20.3 Å². The second-order valence-corrected chi connectivity index (χ2v) is 5.34. The van der Waals surface area contributed by atoms with E-state index >= 15 is 0 Å². The van der Waals surface area contributed by atoms with Crippen molar-refractivity contribution in [1.82, 2.24) is 5.32 Å². The fourth-order valence-corrected chi connectivity index (χ4v) is 1.69. The number of anilines is 1. The van der Waals surface area contributed by atoms with Crippen LogP contribution in [0.15, 0.2) is 18.2 Å². The van der Waals surface area contributed by atoms with Crippen molar-refractivity contribution in [2.24, 2.45) is 5.92 Å². The summed E-state index contributed by atoms with van der Waals surface area (Å²) in [7, 11) is 0. The van der Waals surface area contributed by atoms with E-state index in [9.17, 15) is 4.79 Å². The number of nitrogens with one attached hydrogen (secondary N) is 2. The van der Waals surface area contributed by atoms with Crippen LogP contribution < -0.4 is 10.6 Å². The highest BCUT2D eigenvalue weighted by Crippen LogP contribution is 2.24. The van der Waals surface area contributed by atoms with Gasteiger partial charge in [0.25, 0.3) is 0 Å². The van der Waals surface area contributed by atoms with E-state index in [1.807, 2.05) is 0 Å². The third-order valence-electron chi connectivity index (χ3n) is 2.28. The Balaban J connectivity index is 2.33. The van der Waals surface area contributed by atoms with Crippen LogP contribution in [0.4, 0.5) is 5.69 Å². The van der Waals surface area contributed by atoms with E-state index < -0.39 is 0 Å². The largest absolute Gasteiger partial charge is 0.326 e.